The van der Waals surface area contributed by atoms with Gasteiger partial charge >= 0.3 is 5.97 Å². The second-order valence-electron chi connectivity index (χ2n) is 6.47. The van der Waals surface area contributed by atoms with E-state index in [2.05, 4.69) is 0 Å². The predicted octanol–water partition coefficient (Wildman–Crippen LogP) is 2.83. The van der Waals surface area contributed by atoms with Crippen LogP contribution >= 0.6 is 0 Å². The highest BCUT2D eigenvalue weighted by molar-refractivity contribution is 6.20. The molecule has 1 N–H and O–H groups in total. The number of aliphatic hydroxyl groups excluding tert-OH is 1. The first kappa shape index (κ1) is 16.0. The molecule has 5 nitrogen and oxygen atoms in total. The summed E-state index contributed by atoms with van der Waals surface area (Å²) in [4.78, 5) is 17.7. The van der Waals surface area contributed by atoms with Gasteiger partial charge in [0, 0.05) is 25.9 Å². The van der Waals surface area contributed by atoms with Crippen LogP contribution in [0.4, 0.5) is 0 Å². The predicted molar refractivity (Wildman–Crippen MR) is 86.8 cm³/mol. The van der Waals surface area contributed by atoms with E-state index in [0.717, 1.165) is 16.7 Å². The van der Waals surface area contributed by atoms with Gasteiger partial charge in [-0.25, -0.2) is 4.79 Å². The summed E-state index contributed by atoms with van der Waals surface area (Å²) in [5.74, 6) is -0.357. The summed E-state index contributed by atoms with van der Waals surface area (Å²) in [6.07, 6.45) is 1.07. The number of benzene rings is 1. The molecule has 2 aliphatic heterocycles. The fraction of sp³-hybridized carbons (Fsp3) is 0.500. The first-order valence-electron chi connectivity index (χ1n) is 7.92. The number of rotatable bonds is 2. The average molecular weight is 317 g/mol. The Morgan fingerprint density at radius 2 is 1.74 bits per heavy atom. The normalized spacial score (nSPS) is 21.1. The molecule has 0 aromatic heterocycles. The molecular weight excluding hydrogens is 294 g/mol. The van der Waals surface area contributed by atoms with Crippen LogP contribution in [-0.4, -0.2) is 41.9 Å². The molecule has 2 aliphatic rings. The Morgan fingerprint density at radius 1 is 1.13 bits per heavy atom. The number of carbonyl (C=O) groups is 1. The number of carbonyl (C=O) groups excluding carboxylic acids is 1. The molecule has 2 heterocycles. The number of hydroxylamine groups is 2. The molecule has 0 amide bonds. The maximum Gasteiger partial charge on any atom is 0.343 e. The van der Waals surface area contributed by atoms with Crippen LogP contribution in [0.5, 0.6) is 0 Å². The number of esters is 1. The smallest absolute Gasteiger partial charge is 0.343 e. The third-order valence-corrected chi connectivity index (χ3v) is 5.06. The molecule has 0 aliphatic carbocycles. The molecule has 5 heteroatoms. The number of hydrogen-bond donors (Lipinski definition) is 1. The highest BCUT2D eigenvalue weighted by Gasteiger charge is 2.50. The Labute approximate surface area is 136 Å². The Balaban J connectivity index is 2.02. The maximum atomic E-state index is 12.5. The van der Waals surface area contributed by atoms with Gasteiger partial charge in [0.25, 0.3) is 0 Å². The van der Waals surface area contributed by atoms with Crippen molar-refractivity contribution in [3.63, 3.8) is 0 Å². The largest absolute Gasteiger partial charge is 0.507 e. The molecular formula is C18H23NO4. The summed E-state index contributed by atoms with van der Waals surface area (Å²) in [5, 5.41) is 12.6. The third kappa shape index (κ3) is 2.54. The summed E-state index contributed by atoms with van der Waals surface area (Å²) < 4.78 is 5.64. The van der Waals surface area contributed by atoms with Crippen molar-refractivity contribution in [1.29, 1.82) is 0 Å². The Hall–Kier alpha value is -1.85. The van der Waals surface area contributed by atoms with Gasteiger partial charge in [0.15, 0.2) is 11.4 Å². The molecule has 1 spiro atoms. The van der Waals surface area contributed by atoms with Crippen molar-refractivity contribution in [3.8, 4) is 0 Å². The van der Waals surface area contributed by atoms with Crippen LogP contribution in [0.3, 0.4) is 0 Å². The van der Waals surface area contributed by atoms with Crippen molar-refractivity contribution >= 4 is 11.5 Å². The average Bonchev–Trinajstić information content (AvgIpc) is 2.75. The quantitative estimate of drug-likeness (QED) is 0.850. The lowest BCUT2D eigenvalue weighted by molar-refractivity contribution is -0.182. The zero-order valence-electron chi connectivity index (χ0n) is 14.1. The number of hydrogen-bond acceptors (Lipinski definition) is 5. The van der Waals surface area contributed by atoms with E-state index in [0.29, 0.717) is 31.5 Å². The minimum absolute atomic E-state index is 0.0737. The summed E-state index contributed by atoms with van der Waals surface area (Å²) >= 11 is 0. The molecule has 1 fully saturated rings. The van der Waals surface area contributed by atoms with Crippen LogP contribution in [0.1, 0.15) is 35.1 Å². The monoisotopic (exact) mass is 317 g/mol. The highest BCUT2D eigenvalue weighted by Crippen LogP contribution is 2.43. The summed E-state index contributed by atoms with van der Waals surface area (Å²) in [7, 11) is 1.62. The van der Waals surface area contributed by atoms with Crippen molar-refractivity contribution in [1.82, 2.24) is 5.06 Å². The van der Waals surface area contributed by atoms with Crippen LogP contribution < -0.4 is 0 Å². The zero-order chi connectivity index (χ0) is 16.8. The maximum absolute atomic E-state index is 12.5. The van der Waals surface area contributed by atoms with E-state index >= 15 is 0 Å². The van der Waals surface area contributed by atoms with Crippen LogP contribution in [0, 0.1) is 20.8 Å². The molecule has 0 atom stereocenters. The summed E-state index contributed by atoms with van der Waals surface area (Å²) in [5.41, 5.74) is 3.41. The molecule has 3 rings (SSSR count). The van der Waals surface area contributed by atoms with Crippen molar-refractivity contribution in [2.45, 2.75) is 39.2 Å². The lowest BCUT2D eigenvalue weighted by atomic mass is 9.87. The van der Waals surface area contributed by atoms with Crippen LogP contribution in [-0.2, 0) is 14.4 Å². The molecule has 0 radical (unpaired) electrons. The third-order valence-electron chi connectivity index (χ3n) is 5.06. The SMILES string of the molecule is CON1CCC2(CC1)OC(=O)C(c1cc(C)c(C)cc1C)=C2O. The molecule has 0 bridgehead atoms. The van der Waals surface area contributed by atoms with E-state index in [9.17, 15) is 9.90 Å². The van der Waals surface area contributed by atoms with Gasteiger partial charge in [-0.3, -0.25) is 0 Å². The number of ether oxygens (including phenoxy) is 1. The summed E-state index contributed by atoms with van der Waals surface area (Å²) in [6.45, 7) is 7.23. The molecule has 23 heavy (non-hydrogen) atoms. The molecule has 1 aromatic carbocycles. The second-order valence-corrected chi connectivity index (χ2v) is 6.47. The molecule has 0 unspecified atom stereocenters. The molecule has 124 valence electrons. The van der Waals surface area contributed by atoms with Crippen LogP contribution in [0.2, 0.25) is 0 Å². The Kier molecular flexibility index (Phi) is 3.94. The van der Waals surface area contributed by atoms with Gasteiger partial charge in [-0.1, -0.05) is 12.1 Å². The fourth-order valence-electron chi connectivity index (χ4n) is 3.44. The highest BCUT2D eigenvalue weighted by atomic mass is 16.7. The van der Waals surface area contributed by atoms with Crippen molar-refractivity contribution in [2.75, 3.05) is 20.2 Å². The lowest BCUT2D eigenvalue weighted by Gasteiger charge is -2.36. The number of aryl methyl sites for hydroxylation is 3. The van der Waals surface area contributed by atoms with E-state index in [1.54, 1.807) is 7.11 Å². The van der Waals surface area contributed by atoms with E-state index in [-0.39, 0.29) is 5.76 Å². The molecule has 1 aromatic rings. The van der Waals surface area contributed by atoms with Gasteiger partial charge in [-0.15, -0.1) is 0 Å². The van der Waals surface area contributed by atoms with Crippen molar-refractivity contribution in [3.05, 3.63) is 40.1 Å². The molecule has 1 saturated heterocycles. The van der Waals surface area contributed by atoms with Gasteiger partial charge in [-0.05, 0) is 43.0 Å². The van der Waals surface area contributed by atoms with E-state index in [1.165, 1.54) is 5.56 Å². The van der Waals surface area contributed by atoms with E-state index < -0.39 is 11.6 Å². The Morgan fingerprint density at radius 3 is 2.35 bits per heavy atom. The van der Waals surface area contributed by atoms with Gasteiger partial charge in [0.2, 0.25) is 0 Å². The first-order chi connectivity index (χ1) is 10.9. The Bertz CT molecular complexity index is 685. The first-order valence-corrected chi connectivity index (χ1v) is 7.92. The second kappa shape index (κ2) is 5.65. The van der Waals surface area contributed by atoms with Gasteiger partial charge in [0.05, 0.1) is 7.11 Å². The van der Waals surface area contributed by atoms with Crippen LogP contribution in [0.25, 0.3) is 5.57 Å². The van der Waals surface area contributed by atoms with Crippen molar-refractivity contribution in [2.24, 2.45) is 0 Å². The topological polar surface area (TPSA) is 59.0 Å². The van der Waals surface area contributed by atoms with E-state index in [1.807, 2.05) is 38.0 Å². The lowest BCUT2D eigenvalue weighted by Crippen LogP contribution is -2.45. The summed E-state index contributed by atoms with van der Waals surface area (Å²) in [6, 6.07) is 4.00. The zero-order valence-corrected chi connectivity index (χ0v) is 14.1. The van der Waals surface area contributed by atoms with Crippen LogP contribution in [0.15, 0.2) is 17.9 Å². The molecule has 0 saturated carbocycles. The van der Waals surface area contributed by atoms with E-state index in [4.69, 9.17) is 9.57 Å². The number of piperidine rings is 1. The van der Waals surface area contributed by atoms with Crippen molar-refractivity contribution < 1.29 is 19.5 Å². The standard InChI is InChI=1S/C18H23NO4/c1-11-9-13(3)14(10-12(11)2)15-16(20)18(23-17(15)21)5-7-19(22-4)8-6-18/h9-10,20H,5-8H2,1-4H3. The number of aliphatic hydroxyl groups is 1. The van der Waals surface area contributed by atoms with Gasteiger partial charge in [-0.2, -0.15) is 5.06 Å². The van der Waals surface area contributed by atoms with Gasteiger partial charge in [0.1, 0.15) is 5.57 Å². The number of nitrogens with zero attached hydrogens (tertiary/aromatic N) is 1. The fourth-order valence-corrected chi connectivity index (χ4v) is 3.44. The minimum atomic E-state index is -0.896. The van der Waals surface area contributed by atoms with Gasteiger partial charge < -0.3 is 14.7 Å². The minimum Gasteiger partial charge on any atom is -0.507 e.